The Bertz CT molecular complexity index is 990. The van der Waals surface area contributed by atoms with Gasteiger partial charge in [0.1, 0.15) is 5.75 Å². The molecule has 0 bridgehead atoms. The predicted octanol–water partition coefficient (Wildman–Crippen LogP) is 2.92. The summed E-state index contributed by atoms with van der Waals surface area (Å²) in [5, 5.41) is 11.2. The first-order chi connectivity index (χ1) is 14.2. The van der Waals surface area contributed by atoms with Gasteiger partial charge in [-0.1, -0.05) is 23.9 Å². The first-order valence-electron chi connectivity index (χ1n) is 8.97. The Morgan fingerprint density at radius 1 is 1.14 bits per heavy atom. The van der Waals surface area contributed by atoms with Gasteiger partial charge in [0.15, 0.2) is 11.5 Å². The molecule has 0 saturated heterocycles. The molecule has 0 radical (unpaired) electrons. The van der Waals surface area contributed by atoms with Gasteiger partial charge in [0.25, 0.3) is 5.22 Å². The fraction of sp³-hybridized carbons (Fsp3) is 0.250. The largest absolute Gasteiger partial charge is 0.497 e. The first-order valence-corrected chi connectivity index (χ1v) is 9.96. The van der Waals surface area contributed by atoms with E-state index in [1.807, 2.05) is 30.3 Å². The smallest absolute Gasteiger partial charge is 0.277 e. The molecule has 1 amide bonds. The highest BCUT2D eigenvalue weighted by Crippen LogP contribution is 2.35. The quantitative estimate of drug-likeness (QED) is 0.563. The molecule has 4 rings (SSSR count). The van der Waals surface area contributed by atoms with E-state index >= 15 is 0 Å². The number of nitrogens with one attached hydrogen (secondary N) is 1. The number of carbonyl (C=O) groups excluding carboxylic acids is 1. The Balaban J connectivity index is 1.23. The SMILES string of the molecule is COc1ccc(CCNC(=O)CSc2nnc(-c3ccc4c(c3)OCO4)o2)cc1. The van der Waals surface area contributed by atoms with E-state index in [1.165, 1.54) is 11.8 Å². The van der Waals surface area contributed by atoms with Gasteiger partial charge in [-0.25, -0.2) is 0 Å². The number of carbonyl (C=O) groups is 1. The third-order valence-electron chi connectivity index (χ3n) is 4.25. The molecular formula is C20H19N3O5S. The molecule has 150 valence electrons. The van der Waals surface area contributed by atoms with Crippen LogP contribution in [-0.2, 0) is 11.2 Å². The number of methoxy groups -OCH3 is 1. The van der Waals surface area contributed by atoms with Crippen LogP contribution in [0, 0.1) is 0 Å². The van der Waals surface area contributed by atoms with Crippen molar-refractivity contribution in [1.82, 2.24) is 15.5 Å². The van der Waals surface area contributed by atoms with Crippen molar-refractivity contribution in [1.29, 1.82) is 0 Å². The van der Waals surface area contributed by atoms with Crippen LogP contribution in [0.2, 0.25) is 0 Å². The average molecular weight is 413 g/mol. The maximum absolute atomic E-state index is 12.0. The topological polar surface area (TPSA) is 95.7 Å². The van der Waals surface area contributed by atoms with Crippen molar-refractivity contribution in [2.75, 3.05) is 26.2 Å². The summed E-state index contributed by atoms with van der Waals surface area (Å²) >= 11 is 1.20. The van der Waals surface area contributed by atoms with Crippen molar-refractivity contribution in [2.24, 2.45) is 0 Å². The monoisotopic (exact) mass is 413 g/mol. The molecule has 2 heterocycles. The zero-order chi connectivity index (χ0) is 20.1. The van der Waals surface area contributed by atoms with E-state index in [1.54, 1.807) is 19.2 Å². The van der Waals surface area contributed by atoms with Crippen LogP contribution in [-0.4, -0.2) is 42.3 Å². The molecule has 2 aromatic carbocycles. The Morgan fingerprint density at radius 3 is 2.79 bits per heavy atom. The number of rotatable bonds is 8. The molecule has 0 spiro atoms. The maximum atomic E-state index is 12.0. The van der Waals surface area contributed by atoms with Crippen LogP contribution in [0.1, 0.15) is 5.56 Å². The van der Waals surface area contributed by atoms with E-state index in [-0.39, 0.29) is 18.5 Å². The zero-order valence-electron chi connectivity index (χ0n) is 15.7. The van der Waals surface area contributed by atoms with Gasteiger partial charge in [0.05, 0.1) is 12.9 Å². The lowest BCUT2D eigenvalue weighted by Gasteiger charge is -2.05. The van der Waals surface area contributed by atoms with E-state index in [0.717, 1.165) is 23.3 Å². The summed E-state index contributed by atoms with van der Waals surface area (Å²) < 4.78 is 21.4. The third kappa shape index (κ3) is 4.80. The van der Waals surface area contributed by atoms with Gasteiger partial charge >= 0.3 is 0 Å². The minimum atomic E-state index is -0.0914. The maximum Gasteiger partial charge on any atom is 0.277 e. The van der Waals surface area contributed by atoms with Crippen molar-refractivity contribution in [3.05, 3.63) is 48.0 Å². The van der Waals surface area contributed by atoms with E-state index in [0.29, 0.717) is 29.2 Å². The normalized spacial score (nSPS) is 12.0. The van der Waals surface area contributed by atoms with Crippen molar-refractivity contribution in [3.63, 3.8) is 0 Å². The van der Waals surface area contributed by atoms with E-state index in [2.05, 4.69) is 15.5 Å². The minimum absolute atomic E-state index is 0.0914. The Kier molecular flexibility index (Phi) is 5.85. The van der Waals surface area contributed by atoms with Crippen LogP contribution >= 0.6 is 11.8 Å². The molecule has 3 aromatic rings. The van der Waals surface area contributed by atoms with Crippen LogP contribution in [0.3, 0.4) is 0 Å². The Labute approximate surface area is 171 Å². The third-order valence-corrected chi connectivity index (χ3v) is 5.07. The van der Waals surface area contributed by atoms with E-state index in [4.69, 9.17) is 18.6 Å². The molecule has 1 aliphatic rings. The number of benzene rings is 2. The highest BCUT2D eigenvalue weighted by atomic mass is 32.2. The number of amides is 1. The van der Waals surface area contributed by atoms with Crippen LogP contribution in [0.25, 0.3) is 11.5 Å². The van der Waals surface area contributed by atoms with Crippen LogP contribution in [0.4, 0.5) is 0 Å². The molecular weight excluding hydrogens is 394 g/mol. The highest BCUT2D eigenvalue weighted by Gasteiger charge is 2.17. The zero-order valence-corrected chi connectivity index (χ0v) is 16.5. The van der Waals surface area contributed by atoms with Crippen molar-refractivity contribution >= 4 is 17.7 Å². The number of hydrogen-bond donors (Lipinski definition) is 1. The predicted molar refractivity (Wildman–Crippen MR) is 106 cm³/mol. The second kappa shape index (κ2) is 8.87. The summed E-state index contributed by atoms with van der Waals surface area (Å²) in [6.45, 7) is 0.759. The summed E-state index contributed by atoms with van der Waals surface area (Å²) in [6, 6.07) is 13.2. The number of ether oxygens (including phenoxy) is 3. The van der Waals surface area contributed by atoms with Gasteiger partial charge in [0.2, 0.25) is 18.6 Å². The molecule has 29 heavy (non-hydrogen) atoms. The van der Waals surface area contributed by atoms with E-state index < -0.39 is 0 Å². The molecule has 0 atom stereocenters. The van der Waals surface area contributed by atoms with Gasteiger partial charge in [-0.15, -0.1) is 10.2 Å². The molecule has 1 aromatic heterocycles. The van der Waals surface area contributed by atoms with Crippen LogP contribution in [0.5, 0.6) is 17.2 Å². The molecule has 0 aliphatic carbocycles. The van der Waals surface area contributed by atoms with Gasteiger partial charge in [-0.3, -0.25) is 4.79 Å². The number of fused-ring (bicyclic) bond motifs is 1. The van der Waals surface area contributed by atoms with Crippen molar-refractivity contribution in [2.45, 2.75) is 11.6 Å². The molecule has 0 fully saturated rings. The fourth-order valence-corrected chi connectivity index (χ4v) is 3.32. The van der Waals surface area contributed by atoms with E-state index in [9.17, 15) is 4.79 Å². The molecule has 0 saturated carbocycles. The number of hydrogen-bond acceptors (Lipinski definition) is 8. The van der Waals surface area contributed by atoms with Gasteiger partial charge in [-0.05, 0) is 42.3 Å². The molecule has 8 nitrogen and oxygen atoms in total. The standard InChI is InChI=1S/C20H19N3O5S/c1-25-15-5-2-13(3-6-15)8-9-21-18(24)11-29-20-23-22-19(28-20)14-4-7-16-17(10-14)27-12-26-16/h2-7,10H,8-9,11-12H2,1H3,(H,21,24). The first kappa shape index (κ1) is 19.1. The van der Waals surface area contributed by atoms with Gasteiger partial charge < -0.3 is 23.9 Å². The second-order valence-corrected chi connectivity index (χ2v) is 7.10. The van der Waals surface area contributed by atoms with Crippen LogP contribution in [0.15, 0.2) is 52.1 Å². The number of thioether (sulfide) groups is 1. The Hall–Kier alpha value is -3.20. The highest BCUT2D eigenvalue weighted by molar-refractivity contribution is 7.99. The van der Waals surface area contributed by atoms with Crippen LogP contribution < -0.4 is 19.5 Å². The molecule has 1 aliphatic heterocycles. The summed E-state index contributed by atoms with van der Waals surface area (Å²) in [7, 11) is 1.63. The minimum Gasteiger partial charge on any atom is -0.497 e. The number of nitrogens with zero attached hydrogens (tertiary/aromatic N) is 2. The second-order valence-electron chi connectivity index (χ2n) is 6.18. The summed E-state index contributed by atoms with van der Waals surface area (Å²) in [5.74, 6) is 2.62. The van der Waals surface area contributed by atoms with Crippen molar-refractivity contribution < 1.29 is 23.4 Å². The summed E-state index contributed by atoms with van der Waals surface area (Å²) in [6.07, 6.45) is 0.745. The Morgan fingerprint density at radius 2 is 1.97 bits per heavy atom. The lowest BCUT2D eigenvalue weighted by molar-refractivity contribution is -0.118. The lowest BCUT2D eigenvalue weighted by Crippen LogP contribution is -2.27. The molecule has 9 heteroatoms. The fourth-order valence-electron chi connectivity index (χ4n) is 2.73. The number of aromatic nitrogens is 2. The average Bonchev–Trinajstić information content (AvgIpc) is 3.41. The van der Waals surface area contributed by atoms with Crippen molar-refractivity contribution in [3.8, 4) is 28.7 Å². The lowest BCUT2D eigenvalue weighted by atomic mass is 10.1. The molecule has 1 N–H and O–H groups in total. The summed E-state index contributed by atoms with van der Waals surface area (Å²) in [5.41, 5.74) is 1.86. The summed E-state index contributed by atoms with van der Waals surface area (Å²) in [4.78, 5) is 12.0. The van der Waals surface area contributed by atoms with Gasteiger partial charge in [-0.2, -0.15) is 0 Å². The molecule has 0 unspecified atom stereocenters. The van der Waals surface area contributed by atoms with Gasteiger partial charge in [0, 0.05) is 12.1 Å².